The molecule has 1 N–H and O–H groups in total. The first kappa shape index (κ1) is 11.4. The van der Waals surface area contributed by atoms with Crippen LogP contribution in [0.3, 0.4) is 0 Å². The third kappa shape index (κ3) is 3.16. The van der Waals surface area contributed by atoms with Gasteiger partial charge in [0.25, 0.3) is 0 Å². The van der Waals surface area contributed by atoms with Gasteiger partial charge < -0.3 is 15.0 Å². The van der Waals surface area contributed by atoms with Crippen molar-refractivity contribution in [2.24, 2.45) is 0 Å². The molecule has 15 heavy (non-hydrogen) atoms. The van der Waals surface area contributed by atoms with Gasteiger partial charge in [0.05, 0.1) is 12.2 Å². The second-order valence-electron chi connectivity index (χ2n) is 5.08. The number of likely N-dealkylation sites (N-methyl/N-ethyl adjacent to an activating group) is 1. The zero-order valence-corrected chi connectivity index (χ0v) is 10.0. The lowest BCUT2D eigenvalue weighted by Gasteiger charge is -2.21. The van der Waals surface area contributed by atoms with E-state index in [0.717, 1.165) is 19.1 Å². The predicted octanol–water partition coefficient (Wildman–Crippen LogP) is 1.24. The van der Waals surface area contributed by atoms with Crippen molar-refractivity contribution in [2.75, 3.05) is 26.7 Å². The molecule has 0 aromatic rings. The fourth-order valence-corrected chi connectivity index (χ4v) is 2.68. The zero-order chi connectivity index (χ0) is 10.7. The highest BCUT2D eigenvalue weighted by atomic mass is 16.5. The Bertz CT molecular complexity index is 198. The van der Waals surface area contributed by atoms with Crippen LogP contribution in [-0.4, -0.2) is 49.8 Å². The third-order valence-corrected chi connectivity index (χ3v) is 3.74. The molecule has 0 aromatic carbocycles. The van der Waals surface area contributed by atoms with Crippen molar-refractivity contribution in [3.63, 3.8) is 0 Å². The van der Waals surface area contributed by atoms with E-state index in [1.54, 1.807) is 0 Å². The monoisotopic (exact) mass is 212 g/mol. The number of likely N-dealkylation sites (tertiary alicyclic amines) is 1. The summed E-state index contributed by atoms with van der Waals surface area (Å²) >= 11 is 0. The van der Waals surface area contributed by atoms with E-state index < -0.39 is 0 Å². The molecule has 2 heterocycles. The molecule has 2 fully saturated rings. The zero-order valence-electron chi connectivity index (χ0n) is 10.0. The highest BCUT2D eigenvalue weighted by molar-refractivity contribution is 4.79. The minimum absolute atomic E-state index is 0.465. The molecule has 0 spiro atoms. The molecule has 88 valence electrons. The van der Waals surface area contributed by atoms with E-state index in [0.29, 0.717) is 12.2 Å². The van der Waals surface area contributed by atoms with Gasteiger partial charge in [-0.3, -0.25) is 0 Å². The molecular weight excluding hydrogens is 188 g/mol. The Morgan fingerprint density at radius 3 is 2.73 bits per heavy atom. The van der Waals surface area contributed by atoms with Gasteiger partial charge in [-0.2, -0.15) is 0 Å². The van der Waals surface area contributed by atoms with Crippen LogP contribution >= 0.6 is 0 Å². The molecule has 2 aliphatic rings. The van der Waals surface area contributed by atoms with Crippen LogP contribution in [0.4, 0.5) is 0 Å². The lowest BCUT2D eigenvalue weighted by Crippen LogP contribution is -2.38. The molecule has 3 nitrogen and oxygen atoms in total. The maximum absolute atomic E-state index is 5.78. The fraction of sp³-hybridized carbons (Fsp3) is 1.00. The maximum Gasteiger partial charge on any atom is 0.0704 e. The summed E-state index contributed by atoms with van der Waals surface area (Å²) in [7, 11) is 2.23. The summed E-state index contributed by atoms with van der Waals surface area (Å²) in [5.41, 5.74) is 0. The smallest absolute Gasteiger partial charge is 0.0704 e. The summed E-state index contributed by atoms with van der Waals surface area (Å²) in [4.78, 5) is 2.46. The molecule has 0 aliphatic carbocycles. The summed E-state index contributed by atoms with van der Waals surface area (Å²) in [6, 6.07) is 0.754. The van der Waals surface area contributed by atoms with E-state index in [-0.39, 0.29) is 0 Å². The van der Waals surface area contributed by atoms with E-state index in [4.69, 9.17) is 4.74 Å². The second-order valence-corrected chi connectivity index (χ2v) is 5.08. The summed E-state index contributed by atoms with van der Waals surface area (Å²) in [6.07, 6.45) is 6.12. The molecule has 0 radical (unpaired) electrons. The highest BCUT2D eigenvalue weighted by Gasteiger charge is 2.23. The number of ether oxygens (including phenoxy) is 1. The molecule has 3 atom stereocenters. The average Bonchev–Trinajstić information content (AvgIpc) is 2.77. The lowest BCUT2D eigenvalue weighted by molar-refractivity contribution is 0.0553. The van der Waals surface area contributed by atoms with Crippen LogP contribution < -0.4 is 5.32 Å². The molecule has 0 amide bonds. The van der Waals surface area contributed by atoms with Crippen molar-refractivity contribution < 1.29 is 4.74 Å². The van der Waals surface area contributed by atoms with Crippen molar-refractivity contribution in [1.29, 1.82) is 0 Å². The normalized spacial score (nSPS) is 37.6. The van der Waals surface area contributed by atoms with Crippen LogP contribution in [0.1, 0.15) is 32.6 Å². The van der Waals surface area contributed by atoms with E-state index in [9.17, 15) is 0 Å². The second kappa shape index (κ2) is 5.28. The molecule has 2 saturated heterocycles. The Balaban J connectivity index is 1.58. The first-order chi connectivity index (χ1) is 7.25. The molecule has 0 bridgehead atoms. The van der Waals surface area contributed by atoms with Gasteiger partial charge in [-0.1, -0.05) is 0 Å². The van der Waals surface area contributed by atoms with E-state index >= 15 is 0 Å². The third-order valence-electron chi connectivity index (χ3n) is 3.74. The molecule has 2 rings (SSSR count). The van der Waals surface area contributed by atoms with Crippen LogP contribution in [-0.2, 0) is 4.74 Å². The molecular formula is C12H24N2O. The molecule has 3 unspecified atom stereocenters. The number of nitrogens with zero attached hydrogens (tertiary/aromatic N) is 1. The van der Waals surface area contributed by atoms with Gasteiger partial charge in [-0.25, -0.2) is 0 Å². The quantitative estimate of drug-likeness (QED) is 0.759. The SMILES string of the molecule is CC1CCC(CNCC2CCCN2C)O1. The topological polar surface area (TPSA) is 24.5 Å². The van der Waals surface area contributed by atoms with Gasteiger partial charge in [-0.15, -0.1) is 0 Å². The van der Waals surface area contributed by atoms with Crippen molar-refractivity contribution in [3.8, 4) is 0 Å². The van der Waals surface area contributed by atoms with Gasteiger partial charge in [0, 0.05) is 19.1 Å². The van der Waals surface area contributed by atoms with Crippen molar-refractivity contribution in [1.82, 2.24) is 10.2 Å². The molecule has 0 saturated carbocycles. The Kier molecular flexibility index (Phi) is 4.00. The summed E-state index contributed by atoms with van der Waals surface area (Å²) < 4.78 is 5.78. The van der Waals surface area contributed by atoms with Gasteiger partial charge in [0.15, 0.2) is 0 Å². The van der Waals surface area contributed by atoms with Crippen LogP contribution in [0.25, 0.3) is 0 Å². The standard InChI is InChI=1S/C12H24N2O/c1-10-5-6-12(15-10)9-13-8-11-4-3-7-14(11)2/h10-13H,3-9H2,1-2H3. The Morgan fingerprint density at radius 1 is 1.27 bits per heavy atom. The first-order valence-electron chi connectivity index (χ1n) is 6.32. The van der Waals surface area contributed by atoms with Crippen molar-refractivity contribution in [3.05, 3.63) is 0 Å². The van der Waals surface area contributed by atoms with Crippen LogP contribution in [0.2, 0.25) is 0 Å². The minimum atomic E-state index is 0.465. The van der Waals surface area contributed by atoms with Gasteiger partial charge in [0.1, 0.15) is 0 Å². The van der Waals surface area contributed by atoms with Crippen LogP contribution in [0.5, 0.6) is 0 Å². The van der Waals surface area contributed by atoms with Gasteiger partial charge >= 0.3 is 0 Å². The summed E-state index contributed by atoms with van der Waals surface area (Å²) in [5, 5.41) is 3.55. The van der Waals surface area contributed by atoms with Gasteiger partial charge in [-0.05, 0) is 46.2 Å². The Hall–Kier alpha value is -0.120. The lowest BCUT2D eigenvalue weighted by atomic mass is 10.2. The average molecular weight is 212 g/mol. The largest absolute Gasteiger partial charge is 0.374 e. The molecule has 0 aromatic heterocycles. The summed E-state index contributed by atoms with van der Waals surface area (Å²) in [5.74, 6) is 0. The Morgan fingerprint density at radius 2 is 2.13 bits per heavy atom. The first-order valence-corrected chi connectivity index (χ1v) is 6.32. The van der Waals surface area contributed by atoms with Crippen LogP contribution in [0, 0.1) is 0 Å². The van der Waals surface area contributed by atoms with E-state index in [1.807, 2.05) is 0 Å². The number of nitrogens with one attached hydrogen (secondary N) is 1. The maximum atomic E-state index is 5.78. The van der Waals surface area contributed by atoms with Crippen LogP contribution in [0.15, 0.2) is 0 Å². The van der Waals surface area contributed by atoms with Crippen molar-refractivity contribution >= 4 is 0 Å². The molecule has 2 aliphatic heterocycles. The minimum Gasteiger partial charge on any atom is -0.374 e. The van der Waals surface area contributed by atoms with Gasteiger partial charge in [0.2, 0.25) is 0 Å². The number of hydrogen-bond acceptors (Lipinski definition) is 3. The highest BCUT2D eigenvalue weighted by Crippen LogP contribution is 2.18. The summed E-state index contributed by atoms with van der Waals surface area (Å²) in [6.45, 7) is 5.60. The predicted molar refractivity (Wildman–Crippen MR) is 62.1 cm³/mol. The molecule has 3 heteroatoms. The van der Waals surface area contributed by atoms with E-state index in [2.05, 4.69) is 24.2 Å². The van der Waals surface area contributed by atoms with Crippen molar-refractivity contribution in [2.45, 2.75) is 50.9 Å². The van der Waals surface area contributed by atoms with E-state index in [1.165, 1.54) is 32.2 Å². The number of hydrogen-bond donors (Lipinski definition) is 1. The fourth-order valence-electron chi connectivity index (χ4n) is 2.68. The Labute approximate surface area is 93.2 Å². The number of rotatable bonds is 4.